The van der Waals surface area contributed by atoms with E-state index in [2.05, 4.69) is 47.4 Å². The topological polar surface area (TPSA) is 62.2 Å². The van der Waals surface area contributed by atoms with Crippen LogP contribution in [0.2, 0.25) is 0 Å². The molecule has 0 spiro atoms. The van der Waals surface area contributed by atoms with Gasteiger partial charge in [-0.1, -0.05) is 48.9 Å². The van der Waals surface area contributed by atoms with Crippen molar-refractivity contribution in [1.82, 2.24) is 9.80 Å². The highest BCUT2D eigenvalue weighted by atomic mass is 16.7. The molecule has 0 aromatic heterocycles. The Bertz CT molecular complexity index is 1180. The zero-order valence-electron chi connectivity index (χ0n) is 23.0. The second-order valence-electron chi connectivity index (χ2n) is 11.6. The second-order valence-corrected chi connectivity index (χ2v) is 11.6. The van der Waals surface area contributed by atoms with Crippen LogP contribution in [0.4, 0.5) is 0 Å². The van der Waals surface area contributed by atoms with Crippen molar-refractivity contribution in [1.29, 1.82) is 0 Å². The molecule has 39 heavy (non-hydrogen) atoms. The van der Waals surface area contributed by atoms with E-state index in [-0.39, 0.29) is 18.4 Å². The Hall–Kier alpha value is -2.67. The van der Waals surface area contributed by atoms with E-state index >= 15 is 0 Å². The third kappa shape index (κ3) is 5.93. The number of nitrogens with zero attached hydrogens (tertiary/aromatic N) is 2. The van der Waals surface area contributed by atoms with Gasteiger partial charge in [0.25, 0.3) is 5.91 Å². The van der Waals surface area contributed by atoms with Crippen molar-refractivity contribution in [2.45, 2.75) is 76.0 Å². The standard InChI is InChI=1S/C33H42N2O4/c36-18-6-7-19-38-32-23-26(24-10-11-30-27(20-24)21-25-8-2-3-9-29(25)30)22-31(39-32)33(37)35-16-12-28(13-17-35)34-14-4-1-5-15-34/h2-3,8-11,20,22,26,28,32,36H,1,4-7,12-19,21,23H2/t26-,32+/m0/s1. The minimum absolute atomic E-state index is 0.00526. The van der Waals surface area contributed by atoms with Gasteiger partial charge in [-0.05, 0) is 91.9 Å². The van der Waals surface area contributed by atoms with Crippen LogP contribution in [-0.4, -0.2) is 72.5 Å². The maximum absolute atomic E-state index is 13.7. The summed E-state index contributed by atoms with van der Waals surface area (Å²) in [4.78, 5) is 18.3. The summed E-state index contributed by atoms with van der Waals surface area (Å²) < 4.78 is 12.3. The number of hydrogen-bond acceptors (Lipinski definition) is 5. The number of benzene rings is 2. The van der Waals surface area contributed by atoms with Gasteiger partial charge in [0.05, 0.1) is 6.61 Å². The number of rotatable bonds is 8. The van der Waals surface area contributed by atoms with Crippen LogP contribution in [0.5, 0.6) is 0 Å². The normalized spacial score (nSPS) is 23.6. The van der Waals surface area contributed by atoms with Gasteiger partial charge >= 0.3 is 0 Å². The minimum Gasteiger partial charge on any atom is -0.459 e. The lowest BCUT2D eigenvalue weighted by atomic mass is 9.90. The molecule has 2 saturated heterocycles. The highest BCUT2D eigenvalue weighted by molar-refractivity contribution is 5.92. The number of fused-ring (bicyclic) bond motifs is 3. The third-order valence-electron chi connectivity index (χ3n) is 9.03. The molecule has 1 N–H and O–H groups in total. The van der Waals surface area contributed by atoms with Crippen molar-refractivity contribution in [3.63, 3.8) is 0 Å². The number of carbonyl (C=O) groups excluding carboxylic acids is 1. The fraction of sp³-hybridized carbons (Fsp3) is 0.545. The molecule has 1 aliphatic carbocycles. The molecule has 6 heteroatoms. The van der Waals surface area contributed by atoms with Gasteiger partial charge in [-0.15, -0.1) is 0 Å². The highest BCUT2D eigenvalue weighted by Gasteiger charge is 2.34. The van der Waals surface area contributed by atoms with Gasteiger partial charge in [0, 0.05) is 38.1 Å². The van der Waals surface area contributed by atoms with Crippen molar-refractivity contribution >= 4 is 5.91 Å². The smallest absolute Gasteiger partial charge is 0.288 e. The van der Waals surface area contributed by atoms with Crippen LogP contribution in [0, 0.1) is 0 Å². The van der Waals surface area contributed by atoms with Gasteiger partial charge in [0.15, 0.2) is 5.76 Å². The Morgan fingerprint density at radius 1 is 0.949 bits per heavy atom. The molecule has 0 bridgehead atoms. The van der Waals surface area contributed by atoms with E-state index in [4.69, 9.17) is 14.6 Å². The summed E-state index contributed by atoms with van der Waals surface area (Å²) in [5.74, 6) is 0.480. The predicted octanol–water partition coefficient (Wildman–Crippen LogP) is 5.24. The Kier molecular flexibility index (Phi) is 8.33. The van der Waals surface area contributed by atoms with Crippen molar-refractivity contribution in [2.75, 3.05) is 39.4 Å². The van der Waals surface area contributed by atoms with Gasteiger partial charge in [-0.3, -0.25) is 4.79 Å². The quantitative estimate of drug-likeness (QED) is 0.404. The summed E-state index contributed by atoms with van der Waals surface area (Å²) >= 11 is 0. The predicted molar refractivity (Wildman–Crippen MR) is 152 cm³/mol. The van der Waals surface area contributed by atoms with Crippen LogP contribution in [0.15, 0.2) is 54.3 Å². The van der Waals surface area contributed by atoms with Crippen molar-refractivity contribution in [2.24, 2.45) is 0 Å². The number of unbranched alkanes of at least 4 members (excludes halogenated alkanes) is 1. The molecule has 3 aliphatic heterocycles. The summed E-state index contributed by atoms with van der Waals surface area (Å²) in [7, 11) is 0. The molecule has 2 atom stereocenters. The third-order valence-corrected chi connectivity index (χ3v) is 9.03. The molecule has 1 amide bonds. The molecule has 0 saturated carbocycles. The second kappa shape index (κ2) is 12.2. The lowest BCUT2D eigenvalue weighted by Gasteiger charge is -2.40. The number of piperidine rings is 2. The average molecular weight is 531 g/mol. The molecule has 0 radical (unpaired) electrons. The molecule has 3 heterocycles. The molecule has 2 fully saturated rings. The molecular weight excluding hydrogens is 488 g/mol. The number of hydrogen-bond donors (Lipinski definition) is 1. The van der Waals surface area contributed by atoms with Crippen LogP contribution >= 0.6 is 0 Å². The minimum atomic E-state index is -0.464. The van der Waals surface area contributed by atoms with Crippen molar-refractivity contribution < 1.29 is 19.4 Å². The largest absolute Gasteiger partial charge is 0.459 e. The van der Waals surface area contributed by atoms with Crippen LogP contribution in [0.1, 0.15) is 74.0 Å². The molecule has 2 aromatic rings. The van der Waals surface area contributed by atoms with Gasteiger partial charge in [-0.2, -0.15) is 0 Å². The Morgan fingerprint density at radius 3 is 2.56 bits per heavy atom. The van der Waals surface area contributed by atoms with Gasteiger partial charge < -0.3 is 24.4 Å². The Morgan fingerprint density at radius 2 is 1.74 bits per heavy atom. The van der Waals surface area contributed by atoms with E-state index in [9.17, 15) is 4.79 Å². The number of aliphatic hydroxyl groups is 1. The number of allylic oxidation sites excluding steroid dienone is 1. The zero-order valence-corrected chi connectivity index (χ0v) is 23.0. The van der Waals surface area contributed by atoms with Crippen LogP contribution in [0.3, 0.4) is 0 Å². The van der Waals surface area contributed by atoms with Crippen molar-refractivity contribution in [3.05, 3.63) is 71.0 Å². The molecule has 4 aliphatic rings. The number of aliphatic hydroxyl groups excluding tert-OH is 1. The average Bonchev–Trinajstić information content (AvgIpc) is 3.37. The van der Waals surface area contributed by atoms with Crippen LogP contribution in [0.25, 0.3) is 11.1 Å². The zero-order chi connectivity index (χ0) is 26.6. The maximum Gasteiger partial charge on any atom is 0.288 e. The molecule has 0 unspecified atom stereocenters. The first-order valence-corrected chi connectivity index (χ1v) is 15.0. The summed E-state index contributed by atoms with van der Waals surface area (Å²) in [5.41, 5.74) is 6.58. The van der Waals surface area contributed by atoms with E-state index in [0.717, 1.165) is 38.8 Å². The number of amides is 1. The Balaban J connectivity index is 1.17. The van der Waals surface area contributed by atoms with E-state index in [0.29, 0.717) is 31.2 Å². The SMILES string of the molecule is O=C(C1=C[C@H](c2ccc3c(c2)Cc2ccccc2-3)C[C@H](OCCCCO)O1)N1CCC(N2CCCCC2)CC1. The summed E-state index contributed by atoms with van der Waals surface area (Å²) in [5, 5.41) is 9.15. The fourth-order valence-corrected chi connectivity index (χ4v) is 6.84. The van der Waals surface area contributed by atoms with Gasteiger partial charge in [0.2, 0.25) is 6.29 Å². The highest BCUT2D eigenvalue weighted by Crippen LogP contribution is 2.40. The molecule has 208 valence electrons. The van der Waals surface area contributed by atoms with Gasteiger partial charge in [-0.25, -0.2) is 0 Å². The van der Waals surface area contributed by atoms with Gasteiger partial charge in [0.1, 0.15) is 0 Å². The Labute approximate surface area is 232 Å². The van der Waals surface area contributed by atoms with Crippen LogP contribution in [-0.2, 0) is 20.7 Å². The maximum atomic E-state index is 13.7. The first-order chi connectivity index (χ1) is 19.2. The first kappa shape index (κ1) is 26.5. The summed E-state index contributed by atoms with van der Waals surface area (Å²) in [6, 6.07) is 16.0. The lowest BCUT2D eigenvalue weighted by molar-refractivity contribution is -0.153. The number of likely N-dealkylation sites (tertiary alicyclic amines) is 2. The first-order valence-electron chi connectivity index (χ1n) is 15.0. The summed E-state index contributed by atoms with van der Waals surface area (Å²) in [6.45, 7) is 4.65. The lowest BCUT2D eigenvalue weighted by Crippen LogP contribution is -2.49. The fourth-order valence-electron chi connectivity index (χ4n) is 6.84. The molecular formula is C33H42N2O4. The monoisotopic (exact) mass is 530 g/mol. The number of ether oxygens (including phenoxy) is 2. The number of carbonyl (C=O) groups is 1. The summed E-state index contributed by atoms with van der Waals surface area (Å²) in [6.07, 6.45) is 10.7. The van der Waals surface area contributed by atoms with Crippen molar-refractivity contribution in [3.8, 4) is 11.1 Å². The molecule has 6 rings (SSSR count). The molecule has 2 aromatic carbocycles. The van der Waals surface area contributed by atoms with E-state index in [1.807, 2.05) is 11.0 Å². The van der Waals surface area contributed by atoms with E-state index in [1.54, 1.807) is 0 Å². The molecule has 6 nitrogen and oxygen atoms in total. The van der Waals surface area contributed by atoms with E-state index in [1.165, 1.54) is 60.2 Å². The van der Waals surface area contributed by atoms with Crippen LogP contribution < -0.4 is 0 Å². The van der Waals surface area contributed by atoms with E-state index < -0.39 is 6.29 Å².